The number of carboxylic acids is 1. The molecule has 2 aliphatic heterocycles. The molecule has 0 unspecified atom stereocenters. The van der Waals surface area contributed by atoms with E-state index in [1.807, 2.05) is 0 Å². The molecule has 1 spiro atoms. The highest BCUT2D eigenvalue weighted by Gasteiger charge is 2.44. The van der Waals surface area contributed by atoms with E-state index in [-0.39, 0.29) is 11.3 Å². The Hall–Kier alpha value is -1.88. The number of carbonyl (C=O) groups is 2. The lowest BCUT2D eigenvalue weighted by Gasteiger charge is -2.42. The standard InChI is InChI=1S/C16H19NO4/c1-2-17-7-5-16(6-8-17)10-13(18)12-9-11(15(19)20)3-4-14(12)21-16/h3-4,9H,2,5-8,10H2,1H3,(H,19,20). The van der Waals surface area contributed by atoms with Gasteiger partial charge in [0.25, 0.3) is 0 Å². The second-order valence-electron chi connectivity index (χ2n) is 5.99. The lowest BCUT2D eigenvalue weighted by atomic mass is 9.82. The van der Waals surface area contributed by atoms with Crippen LogP contribution >= 0.6 is 0 Å². The van der Waals surface area contributed by atoms with Crippen molar-refractivity contribution in [2.75, 3.05) is 19.6 Å². The molecule has 1 aromatic carbocycles. The molecule has 112 valence electrons. The van der Waals surface area contributed by atoms with Crippen molar-refractivity contribution in [3.8, 4) is 5.75 Å². The Balaban J connectivity index is 1.86. The molecule has 0 saturated carbocycles. The number of ketones is 1. The number of hydrogen-bond acceptors (Lipinski definition) is 4. The quantitative estimate of drug-likeness (QED) is 0.793. The highest BCUT2D eigenvalue weighted by atomic mass is 16.5. The number of quaternary nitrogens is 1. The fourth-order valence-electron chi connectivity index (χ4n) is 3.31. The zero-order valence-corrected chi connectivity index (χ0v) is 12.1. The predicted octanol–water partition coefficient (Wildman–Crippen LogP) is -0.547. The van der Waals surface area contributed by atoms with Crippen LogP contribution in [-0.2, 0) is 0 Å². The second-order valence-corrected chi connectivity index (χ2v) is 5.99. The predicted molar refractivity (Wildman–Crippen MR) is 73.6 cm³/mol. The summed E-state index contributed by atoms with van der Waals surface area (Å²) in [4.78, 5) is 24.8. The number of likely N-dealkylation sites (tertiary alicyclic amines) is 1. The molecule has 0 amide bonds. The molecule has 1 fully saturated rings. The van der Waals surface area contributed by atoms with Gasteiger partial charge in [0.05, 0.1) is 37.6 Å². The van der Waals surface area contributed by atoms with Crippen LogP contribution in [0, 0.1) is 0 Å². The summed E-state index contributed by atoms with van der Waals surface area (Å²) >= 11 is 0. The van der Waals surface area contributed by atoms with E-state index in [4.69, 9.17) is 4.74 Å². The Kier molecular flexibility index (Phi) is 3.45. The number of fused-ring (bicyclic) bond motifs is 1. The fourth-order valence-corrected chi connectivity index (χ4v) is 3.31. The second kappa shape index (κ2) is 5.15. The Morgan fingerprint density at radius 3 is 2.71 bits per heavy atom. The maximum Gasteiger partial charge on any atom is 0.170 e. The van der Waals surface area contributed by atoms with Gasteiger partial charge in [-0.1, -0.05) is 0 Å². The van der Waals surface area contributed by atoms with E-state index in [0.717, 1.165) is 32.5 Å². The van der Waals surface area contributed by atoms with Crippen LogP contribution in [0.15, 0.2) is 18.2 Å². The monoisotopic (exact) mass is 289 g/mol. The van der Waals surface area contributed by atoms with E-state index >= 15 is 0 Å². The topological polar surface area (TPSA) is 70.9 Å². The molecule has 0 aliphatic carbocycles. The Bertz CT molecular complexity index is 588. The number of piperidine rings is 1. The summed E-state index contributed by atoms with van der Waals surface area (Å²) < 4.78 is 6.11. The summed E-state index contributed by atoms with van der Waals surface area (Å²) in [5.41, 5.74) is -0.00866. The van der Waals surface area contributed by atoms with Crippen molar-refractivity contribution in [2.45, 2.75) is 31.8 Å². The minimum absolute atomic E-state index is 0.0203. The third-order valence-electron chi connectivity index (χ3n) is 4.69. The first-order valence-electron chi connectivity index (χ1n) is 7.44. The average molecular weight is 289 g/mol. The van der Waals surface area contributed by atoms with Crippen LogP contribution < -0.4 is 14.7 Å². The van der Waals surface area contributed by atoms with Crippen molar-refractivity contribution in [2.24, 2.45) is 0 Å². The zero-order valence-electron chi connectivity index (χ0n) is 12.1. The molecule has 1 saturated heterocycles. The van der Waals surface area contributed by atoms with E-state index < -0.39 is 11.6 Å². The molecule has 0 radical (unpaired) electrons. The van der Waals surface area contributed by atoms with Gasteiger partial charge in [-0.3, -0.25) is 4.79 Å². The van der Waals surface area contributed by atoms with Crippen molar-refractivity contribution >= 4 is 11.8 Å². The first-order chi connectivity index (χ1) is 10.0. The van der Waals surface area contributed by atoms with E-state index in [1.165, 1.54) is 17.0 Å². The molecule has 1 aromatic rings. The summed E-state index contributed by atoms with van der Waals surface area (Å²) in [5.74, 6) is -0.791. The van der Waals surface area contributed by atoms with Gasteiger partial charge in [0.2, 0.25) is 0 Å². The van der Waals surface area contributed by atoms with Crippen molar-refractivity contribution in [1.82, 2.24) is 0 Å². The van der Waals surface area contributed by atoms with Crippen molar-refractivity contribution in [1.29, 1.82) is 0 Å². The van der Waals surface area contributed by atoms with Gasteiger partial charge < -0.3 is 19.5 Å². The van der Waals surface area contributed by atoms with Crippen molar-refractivity contribution in [3.05, 3.63) is 29.3 Å². The van der Waals surface area contributed by atoms with Gasteiger partial charge in [-0.15, -0.1) is 0 Å². The number of nitrogens with one attached hydrogen (secondary N) is 1. The van der Waals surface area contributed by atoms with Crippen LogP contribution in [0.1, 0.15) is 46.9 Å². The molecule has 1 N–H and O–H groups in total. The number of ether oxygens (including phenoxy) is 1. The fraction of sp³-hybridized carbons (Fsp3) is 0.500. The normalized spacial score (nSPS) is 28.0. The number of carbonyl (C=O) groups excluding carboxylic acids is 2. The molecule has 2 aliphatic rings. The highest BCUT2D eigenvalue weighted by Crippen LogP contribution is 2.37. The number of hydrogen-bond donors (Lipinski definition) is 1. The van der Waals surface area contributed by atoms with Gasteiger partial charge in [0.15, 0.2) is 5.78 Å². The molecular formula is C16H19NO4. The first-order valence-corrected chi connectivity index (χ1v) is 7.44. The molecule has 2 heterocycles. The maximum absolute atomic E-state index is 12.4. The Labute approximate surface area is 123 Å². The smallest absolute Gasteiger partial charge is 0.170 e. The van der Waals surface area contributed by atoms with Crippen LogP contribution in [0.5, 0.6) is 5.75 Å². The van der Waals surface area contributed by atoms with E-state index in [2.05, 4.69) is 6.92 Å². The van der Waals surface area contributed by atoms with E-state index in [1.54, 1.807) is 6.07 Å². The largest absolute Gasteiger partial charge is 0.545 e. The minimum Gasteiger partial charge on any atom is -0.545 e. The van der Waals surface area contributed by atoms with E-state index in [9.17, 15) is 14.7 Å². The van der Waals surface area contributed by atoms with Gasteiger partial charge in [0.1, 0.15) is 11.4 Å². The molecule has 0 bridgehead atoms. The summed E-state index contributed by atoms with van der Waals surface area (Å²) in [7, 11) is 0. The van der Waals surface area contributed by atoms with E-state index in [0.29, 0.717) is 17.7 Å². The van der Waals surface area contributed by atoms with Crippen molar-refractivity contribution in [3.63, 3.8) is 0 Å². The van der Waals surface area contributed by atoms with Crippen LogP contribution in [0.4, 0.5) is 0 Å². The summed E-state index contributed by atoms with van der Waals surface area (Å²) in [6, 6.07) is 4.39. The van der Waals surface area contributed by atoms with Gasteiger partial charge in [-0.25, -0.2) is 0 Å². The highest BCUT2D eigenvalue weighted by molar-refractivity contribution is 6.02. The van der Waals surface area contributed by atoms with Gasteiger partial charge in [-0.05, 0) is 30.7 Å². The average Bonchev–Trinajstić information content (AvgIpc) is 2.47. The molecule has 5 heteroatoms. The number of rotatable bonds is 2. The number of aromatic carboxylic acids is 1. The lowest BCUT2D eigenvalue weighted by Crippen LogP contribution is -3.13. The third-order valence-corrected chi connectivity index (χ3v) is 4.69. The van der Waals surface area contributed by atoms with Crippen molar-refractivity contribution < 1.29 is 24.3 Å². The zero-order chi connectivity index (χ0) is 15.0. The SMILES string of the molecule is CC[NH+]1CCC2(CC1)CC(=O)c1cc(C(=O)[O-])ccc1O2. The lowest BCUT2D eigenvalue weighted by molar-refractivity contribution is -0.905. The van der Waals surface area contributed by atoms with Gasteiger partial charge in [0, 0.05) is 12.8 Å². The summed E-state index contributed by atoms with van der Waals surface area (Å²) in [6.45, 7) is 5.28. The van der Waals surface area contributed by atoms with Crippen LogP contribution in [0.2, 0.25) is 0 Å². The number of carboxylic acid groups (broad SMARTS) is 1. The number of Topliss-reactive ketones (excluding diaryl/α,β-unsaturated/α-hetero) is 1. The Morgan fingerprint density at radius 1 is 1.38 bits per heavy atom. The number of benzene rings is 1. The molecule has 5 nitrogen and oxygen atoms in total. The van der Waals surface area contributed by atoms with Crippen LogP contribution in [0.3, 0.4) is 0 Å². The van der Waals surface area contributed by atoms with Crippen LogP contribution in [0.25, 0.3) is 0 Å². The van der Waals surface area contributed by atoms with Gasteiger partial charge >= 0.3 is 0 Å². The minimum atomic E-state index is -1.27. The molecular weight excluding hydrogens is 270 g/mol. The molecule has 21 heavy (non-hydrogen) atoms. The Morgan fingerprint density at radius 2 is 2.10 bits per heavy atom. The maximum atomic E-state index is 12.4. The third kappa shape index (κ3) is 2.53. The summed E-state index contributed by atoms with van der Waals surface area (Å²) in [6.07, 6.45) is 2.07. The molecule has 0 aromatic heterocycles. The van der Waals surface area contributed by atoms with Crippen LogP contribution in [-0.4, -0.2) is 37.0 Å². The first kappa shape index (κ1) is 14.1. The molecule has 3 rings (SSSR count). The summed E-state index contributed by atoms with van der Waals surface area (Å²) in [5, 5.41) is 10.9. The molecule has 0 atom stereocenters. The van der Waals surface area contributed by atoms with Gasteiger partial charge in [-0.2, -0.15) is 0 Å².